The first-order valence-electron chi connectivity index (χ1n) is 30.0. The summed E-state index contributed by atoms with van der Waals surface area (Å²) in [5, 5.41) is 23.1. The lowest BCUT2D eigenvalue weighted by Gasteiger charge is -2.20. The van der Waals surface area contributed by atoms with Gasteiger partial charge < -0.3 is 20.3 Å². The number of esters is 1. The van der Waals surface area contributed by atoms with Crippen LogP contribution in [0.2, 0.25) is 0 Å². The molecule has 0 aliphatic carbocycles. The van der Waals surface area contributed by atoms with Gasteiger partial charge in [0.05, 0.1) is 25.4 Å². The number of carbonyl (C=O) groups is 2. The Labute approximate surface area is 412 Å². The van der Waals surface area contributed by atoms with Gasteiger partial charge in [0.15, 0.2) is 0 Å². The lowest BCUT2D eigenvalue weighted by atomic mass is 10.0. The van der Waals surface area contributed by atoms with Crippen LogP contribution in [-0.2, 0) is 14.3 Å². The standard InChI is InChI=1S/C60H117NO5/c1-3-5-7-9-11-13-15-17-18-19-23-26-30-34-38-42-46-50-54-60(65)66-55-51-47-43-39-35-31-27-24-21-20-22-25-29-33-37-41-45-49-53-59(64)61-57(56-62)58(63)52-48-44-40-36-32-28-16-14-12-10-8-6-4-2/h48,52,57-58,62-63H,3-47,49-51,53-56H2,1-2H3,(H,61,64)/b52-48+. The minimum atomic E-state index is -0.845. The Kier molecular flexibility index (Phi) is 55.0. The smallest absolute Gasteiger partial charge is 0.305 e. The van der Waals surface area contributed by atoms with Crippen LogP contribution in [0.15, 0.2) is 12.2 Å². The van der Waals surface area contributed by atoms with Crippen LogP contribution in [0.5, 0.6) is 0 Å². The van der Waals surface area contributed by atoms with E-state index in [0.29, 0.717) is 19.4 Å². The predicted octanol–water partition coefficient (Wildman–Crippen LogP) is 18.5. The number of hydrogen-bond acceptors (Lipinski definition) is 5. The Morgan fingerprint density at radius 3 is 1.03 bits per heavy atom. The van der Waals surface area contributed by atoms with Crippen LogP contribution < -0.4 is 5.32 Å². The van der Waals surface area contributed by atoms with E-state index >= 15 is 0 Å². The van der Waals surface area contributed by atoms with Crippen LogP contribution in [0, 0.1) is 0 Å². The fourth-order valence-corrected chi connectivity index (χ4v) is 9.46. The molecular formula is C60H117NO5. The quantitative estimate of drug-likeness (QED) is 0.0321. The molecule has 6 nitrogen and oxygen atoms in total. The third-order valence-electron chi connectivity index (χ3n) is 14.1. The molecule has 392 valence electrons. The van der Waals surface area contributed by atoms with Crippen molar-refractivity contribution >= 4 is 11.9 Å². The fourth-order valence-electron chi connectivity index (χ4n) is 9.46. The molecule has 0 aliphatic heterocycles. The monoisotopic (exact) mass is 932 g/mol. The Balaban J connectivity index is 3.39. The summed E-state index contributed by atoms with van der Waals surface area (Å²) in [6.07, 6.45) is 66.7. The molecule has 0 radical (unpaired) electrons. The second kappa shape index (κ2) is 56.2. The highest BCUT2D eigenvalue weighted by Crippen LogP contribution is 2.18. The maximum absolute atomic E-state index is 12.4. The number of rotatable bonds is 56. The maximum Gasteiger partial charge on any atom is 0.305 e. The van der Waals surface area contributed by atoms with E-state index in [2.05, 4.69) is 19.2 Å². The van der Waals surface area contributed by atoms with E-state index in [4.69, 9.17) is 4.74 Å². The maximum atomic E-state index is 12.4. The van der Waals surface area contributed by atoms with Crippen molar-refractivity contribution in [1.29, 1.82) is 0 Å². The highest BCUT2D eigenvalue weighted by Gasteiger charge is 2.18. The number of hydrogen-bond donors (Lipinski definition) is 3. The van der Waals surface area contributed by atoms with Crippen molar-refractivity contribution in [2.24, 2.45) is 0 Å². The zero-order valence-electron chi connectivity index (χ0n) is 44.7. The van der Waals surface area contributed by atoms with Gasteiger partial charge in [-0.2, -0.15) is 0 Å². The van der Waals surface area contributed by atoms with Crippen molar-refractivity contribution in [1.82, 2.24) is 5.32 Å². The van der Waals surface area contributed by atoms with Crippen molar-refractivity contribution in [3.05, 3.63) is 12.2 Å². The van der Waals surface area contributed by atoms with Gasteiger partial charge in [0.2, 0.25) is 5.91 Å². The van der Waals surface area contributed by atoms with Crippen LogP contribution in [0.1, 0.15) is 335 Å². The molecular weight excluding hydrogens is 815 g/mol. The van der Waals surface area contributed by atoms with Crippen molar-refractivity contribution in [2.45, 2.75) is 347 Å². The van der Waals surface area contributed by atoms with Crippen LogP contribution in [0.4, 0.5) is 0 Å². The molecule has 2 atom stereocenters. The van der Waals surface area contributed by atoms with Gasteiger partial charge in [-0.05, 0) is 32.1 Å². The normalized spacial score (nSPS) is 12.6. The van der Waals surface area contributed by atoms with E-state index < -0.39 is 12.1 Å². The number of amides is 1. The molecule has 0 aromatic rings. The highest BCUT2D eigenvalue weighted by atomic mass is 16.5. The van der Waals surface area contributed by atoms with E-state index in [1.165, 1.54) is 270 Å². The minimum absolute atomic E-state index is 0.0114. The number of allylic oxidation sites excluding steroid dienone is 1. The lowest BCUT2D eigenvalue weighted by molar-refractivity contribution is -0.143. The summed E-state index contributed by atoms with van der Waals surface area (Å²) in [5.74, 6) is -0.0593. The summed E-state index contributed by atoms with van der Waals surface area (Å²) < 4.78 is 5.50. The second-order valence-electron chi connectivity index (χ2n) is 20.7. The van der Waals surface area contributed by atoms with Crippen LogP contribution in [0.3, 0.4) is 0 Å². The Hall–Kier alpha value is -1.40. The third-order valence-corrected chi connectivity index (χ3v) is 14.1. The van der Waals surface area contributed by atoms with Crippen molar-refractivity contribution in [3.8, 4) is 0 Å². The number of aliphatic hydroxyl groups excluding tert-OH is 2. The first kappa shape index (κ1) is 64.6. The molecule has 0 bridgehead atoms. The summed E-state index contributed by atoms with van der Waals surface area (Å²) in [7, 11) is 0. The molecule has 6 heteroatoms. The summed E-state index contributed by atoms with van der Waals surface area (Å²) in [5.41, 5.74) is 0. The number of aliphatic hydroxyl groups is 2. The van der Waals surface area contributed by atoms with E-state index in [9.17, 15) is 19.8 Å². The number of nitrogens with one attached hydrogen (secondary N) is 1. The largest absolute Gasteiger partial charge is 0.466 e. The summed E-state index contributed by atoms with van der Waals surface area (Å²) >= 11 is 0. The van der Waals surface area contributed by atoms with Crippen LogP contribution in [-0.4, -0.2) is 47.4 Å². The third kappa shape index (κ3) is 52.0. The Bertz CT molecular complexity index is 986. The number of unbranched alkanes of at least 4 members (excludes halogenated alkanes) is 45. The van der Waals surface area contributed by atoms with Gasteiger partial charge in [-0.25, -0.2) is 0 Å². The van der Waals surface area contributed by atoms with Gasteiger partial charge in [-0.15, -0.1) is 0 Å². The average Bonchev–Trinajstić information content (AvgIpc) is 3.32. The molecule has 66 heavy (non-hydrogen) atoms. The van der Waals surface area contributed by atoms with Gasteiger partial charge in [0, 0.05) is 12.8 Å². The van der Waals surface area contributed by atoms with Gasteiger partial charge in [0.25, 0.3) is 0 Å². The average molecular weight is 933 g/mol. The number of carbonyl (C=O) groups excluding carboxylic acids is 2. The first-order valence-corrected chi connectivity index (χ1v) is 30.0. The predicted molar refractivity (Wildman–Crippen MR) is 287 cm³/mol. The second-order valence-corrected chi connectivity index (χ2v) is 20.7. The summed E-state index contributed by atoms with van der Waals surface area (Å²) in [6.45, 7) is 4.92. The zero-order chi connectivity index (χ0) is 47.9. The molecule has 1 amide bonds. The van der Waals surface area contributed by atoms with Crippen molar-refractivity contribution in [3.63, 3.8) is 0 Å². The fraction of sp³-hybridized carbons (Fsp3) is 0.933. The molecule has 0 aromatic heterocycles. The molecule has 2 unspecified atom stereocenters. The Morgan fingerprint density at radius 1 is 0.409 bits per heavy atom. The van der Waals surface area contributed by atoms with Crippen LogP contribution >= 0.6 is 0 Å². The van der Waals surface area contributed by atoms with E-state index in [1.807, 2.05) is 6.08 Å². The summed E-state index contributed by atoms with van der Waals surface area (Å²) in [6, 6.07) is -0.629. The van der Waals surface area contributed by atoms with Gasteiger partial charge in [-0.1, -0.05) is 302 Å². The van der Waals surface area contributed by atoms with Crippen molar-refractivity contribution < 1.29 is 24.5 Å². The van der Waals surface area contributed by atoms with Gasteiger partial charge >= 0.3 is 5.97 Å². The Morgan fingerprint density at radius 2 is 0.697 bits per heavy atom. The highest BCUT2D eigenvalue weighted by molar-refractivity contribution is 5.76. The minimum Gasteiger partial charge on any atom is -0.466 e. The SMILES string of the molecule is CCCCCCCCCCCCC/C=C/C(O)C(CO)NC(=O)CCCCCCCCCCCCCCCCCCCCOC(=O)CCCCCCCCCCCCCCCCCCCC. The summed E-state index contributed by atoms with van der Waals surface area (Å²) in [4.78, 5) is 24.5. The molecule has 0 heterocycles. The van der Waals surface area contributed by atoms with E-state index in [-0.39, 0.29) is 18.5 Å². The number of ether oxygens (including phenoxy) is 1. The van der Waals surface area contributed by atoms with Gasteiger partial charge in [-0.3, -0.25) is 9.59 Å². The van der Waals surface area contributed by atoms with Crippen LogP contribution in [0.25, 0.3) is 0 Å². The topological polar surface area (TPSA) is 95.9 Å². The molecule has 0 saturated carbocycles. The molecule has 0 spiro atoms. The molecule has 3 N–H and O–H groups in total. The molecule has 0 rings (SSSR count). The molecule has 0 aromatic carbocycles. The lowest BCUT2D eigenvalue weighted by Crippen LogP contribution is -2.45. The molecule has 0 fully saturated rings. The van der Waals surface area contributed by atoms with Crippen molar-refractivity contribution in [2.75, 3.05) is 13.2 Å². The molecule has 0 aliphatic rings. The molecule has 0 saturated heterocycles. The van der Waals surface area contributed by atoms with E-state index in [1.54, 1.807) is 6.08 Å². The van der Waals surface area contributed by atoms with Gasteiger partial charge in [0.1, 0.15) is 0 Å². The van der Waals surface area contributed by atoms with E-state index in [0.717, 1.165) is 38.5 Å². The first-order chi connectivity index (χ1) is 32.5. The zero-order valence-corrected chi connectivity index (χ0v) is 44.7.